The van der Waals surface area contributed by atoms with E-state index in [1.54, 1.807) is 0 Å². The summed E-state index contributed by atoms with van der Waals surface area (Å²) in [5.41, 5.74) is 13.3. The second-order valence-corrected chi connectivity index (χ2v) is 24.0. The van der Waals surface area contributed by atoms with Crippen molar-refractivity contribution in [3.8, 4) is 5.75 Å². The molecule has 28 heteroatoms. The van der Waals surface area contributed by atoms with Gasteiger partial charge in [0, 0.05) is 31.0 Å². The van der Waals surface area contributed by atoms with Gasteiger partial charge in [0.05, 0.1) is 18.7 Å². The zero-order valence-electron chi connectivity index (χ0n) is 47.1. The number of benzene rings is 2. The van der Waals surface area contributed by atoms with Gasteiger partial charge in [0.25, 0.3) is 0 Å². The number of nitrogens with one attached hydrogen (secondary N) is 8. The Labute approximate surface area is 490 Å². The lowest BCUT2D eigenvalue weighted by atomic mass is 10.0. The van der Waals surface area contributed by atoms with E-state index >= 15 is 0 Å². The molecule has 3 aliphatic heterocycles. The van der Waals surface area contributed by atoms with Crippen molar-refractivity contribution in [2.45, 2.75) is 158 Å². The average Bonchev–Trinajstić information content (AvgIpc) is 4.15. The Morgan fingerprint density at radius 2 is 1.40 bits per heavy atom. The number of carbonyl (C=O) groups is 11. The van der Waals surface area contributed by atoms with Crippen molar-refractivity contribution in [1.29, 1.82) is 0 Å². The minimum atomic E-state index is -1.70. The molecule has 2 aromatic carbocycles. The maximum absolute atomic E-state index is 14.6. The van der Waals surface area contributed by atoms with E-state index in [2.05, 4.69) is 42.5 Å². The third-order valence-corrected chi connectivity index (χ3v) is 16.7. The zero-order valence-corrected chi connectivity index (χ0v) is 48.8. The lowest BCUT2D eigenvalue weighted by Gasteiger charge is -2.34. The van der Waals surface area contributed by atoms with Gasteiger partial charge in [-0.3, -0.25) is 47.9 Å². The summed E-state index contributed by atoms with van der Waals surface area (Å²) in [6.07, 6.45) is 0.865. The van der Waals surface area contributed by atoms with E-state index in [1.165, 1.54) is 47.9 Å². The molecule has 2 aromatic rings. The van der Waals surface area contributed by atoms with Crippen LogP contribution in [0.3, 0.4) is 0 Å². The standard InChI is InChI=1S/C55H80N12O14S2/c1-30(2)24-39(62-47(72)36(57)25-33-12-6-5-7-13-33)53(78)67-23-11-16-43(67)54(79)66-22-10-15-42(66)51(76)63-40-28-82-83-29-41(55(80)81)64-52(77)45(32(4)68)65-44(70)27-58-48(73)37(14-8-9-21-56)60-49(74)38(26-34-17-19-35(69)20-18-34)61-46(71)31(3)59-50(40)75/h5-7,12-13,17-20,30-32,36-43,45,68-69H,8-11,14-16,21-29,56-57H2,1-4H3,(H,58,73)(H,59,75)(H,60,74)(H,61,71)(H,62,72)(H,63,76)(H,64,77)(H,65,70)(H,80,81)/t31-,32+,36-,37-,38-,39-,40?,41?,42-,43-,45-/m0/s1. The van der Waals surface area contributed by atoms with Gasteiger partial charge in [0.1, 0.15) is 60.1 Å². The Hall–Kier alpha value is -7.01. The van der Waals surface area contributed by atoms with E-state index in [-0.39, 0.29) is 81.3 Å². The fourth-order valence-electron chi connectivity index (χ4n) is 9.74. The van der Waals surface area contributed by atoms with Crippen molar-refractivity contribution in [2.75, 3.05) is 37.7 Å². The summed E-state index contributed by atoms with van der Waals surface area (Å²) < 4.78 is 0. The van der Waals surface area contributed by atoms with Gasteiger partial charge in [-0.1, -0.05) is 77.9 Å². The van der Waals surface area contributed by atoms with Gasteiger partial charge in [0.15, 0.2) is 0 Å². The number of rotatable bonds is 18. The van der Waals surface area contributed by atoms with E-state index < -0.39 is 138 Å². The average molecular weight is 1200 g/mol. The quantitative estimate of drug-likeness (QED) is 0.0570. The van der Waals surface area contributed by atoms with E-state index in [9.17, 15) is 68.1 Å². The highest BCUT2D eigenvalue weighted by Crippen LogP contribution is 2.28. The Balaban J connectivity index is 1.39. The first-order valence-corrected chi connectivity index (χ1v) is 30.4. The van der Waals surface area contributed by atoms with Crippen LogP contribution in [-0.2, 0) is 65.6 Å². The number of carboxylic acid groups (broad SMARTS) is 1. The Kier molecular flexibility index (Phi) is 26.3. The summed E-state index contributed by atoms with van der Waals surface area (Å²) in [5, 5.41) is 50.9. The first kappa shape index (κ1) is 66.8. The number of unbranched alkanes of at least 4 members (excludes halogenated alkanes) is 1. The fourth-order valence-corrected chi connectivity index (χ4v) is 12.1. The molecule has 10 amide bonds. The van der Waals surface area contributed by atoms with Gasteiger partial charge in [-0.05, 0) is 107 Å². The molecule has 0 saturated carbocycles. The van der Waals surface area contributed by atoms with Crippen LogP contribution in [0.1, 0.15) is 90.2 Å². The van der Waals surface area contributed by atoms with Gasteiger partial charge < -0.3 is 79.1 Å². The highest BCUT2D eigenvalue weighted by molar-refractivity contribution is 8.76. The van der Waals surface area contributed by atoms with Crippen LogP contribution in [0.4, 0.5) is 0 Å². The monoisotopic (exact) mass is 1200 g/mol. The largest absolute Gasteiger partial charge is 0.508 e. The maximum atomic E-state index is 14.6. The molecule has 3 aliphatic rings. The van der Waals surface area contributed by atoms with Gasteiger partial charge in [-0.2, -0.15) is 0 Å². The van der Waals surface area contributed by atoms with Crippen molar-refractivity contribution in [1.82, 2.24) is 52.3 Å². The van der Waals surface area contributed by atoms with Gasteiger partial charge >= 0.3 is 5.97 Å². The molecular formula is C55H80N12O14S2. The molecule has 0 aromatic heterocycles. The number of hydrogen-bond acceptors (Lipinski definition) is 17. The number of carbonyl (C=O) groups excluding carboxylic acids is 10. The molecule has 2 unspecified atom stereocenters. The molecular weight excluding hydrogens is 1120 g/mol. The number of aliphatic hydroxyl groups is 1. The normalized spacial score (nSPS) is 24.9. The maximum Gasteiger partial charge on any atom is 0.327 e. The highest BCUT2D eigenvalue weighted by atomic mass is 33.1. The molecule has 0 aliphatic carbocycles. The van der Waals surface area contributed by atoms with Crippen LogP contribution in [0, 0.1) is 5.92 Å². The molecule has 0 radical (unpaired) electrons. The summed E-state index contributed by atoms with van der Waals surface area (Å²) in [6.45, 7) is 6.15. The summed E-state index contributed by atoms with van der Waals surface area (Å²) in [6, 6.07) is 2.00. The molecule has 3 heterocycles. The SMILES string of the molecule is CC(C)C[C@H](NC(=O)[C@@H](N)Cc1ccccc1)C(=O)N1CCC[C@H]1C(=O)N1CCC[C@H]1C(=O)NC1CSSCC(C(=O)O)NC(=O)[C@H]([C@@H](C)O)NC(=O)CNC(=O)[C@H](CCCCN)NC(=O)[C@H](Cc2ccc(O)cc2)NC(=O)[C@H](C)NC1=O. The summed E-state index contributed by atoms with van der Waals surface area (Å²) >= 11 is 0. The second kappa shape index (κ2) is 32.7. The topological polar surface area (TPSA) is 403 Å². The van der Waals surface area contributed by atoms with Crippen molar-refractivity contribution >= 4 is 86.6 Å². The highest BCUT2D eigenvalue weighted by Gasteiger charge is 2.45. The molecule has 456 valence electrons. The van der Waals surface area contributed by atoms with E-state index in [1.807, 2.05) is 44.2 Å². The number of aromatic hydroxyl groups is 1. The molecule has 0 spiro atoms. The predicted molar refractivity (Wildman–Crippen MR) is 308 cm³/mol. The fraction of sp³-hybridized carbons (Fsp3) is 0.582. The van der Waals surface area contributed by atoms with E-state index in [0.29, 0.717) is 31.2 Å². The number of nitrogens with zero attached hydrogens (tertiary/aromatic N) is 2. The van der Waals surface area contributed by atoms with Crippen molar-refractivity contribution in [3.63, 3.8) is 0 Å². The van der Waals surface area contributed by atoms with Crippen molar-refractivity contribution < 1.29 is 68.1 Å². The van der Waals surface area contributed by atoms with Crippen LogP contribution in [0.5, 0.6) is 5.75 Å². The van der Waals surface area contributed by atoms with Crippen LogP contribution in [0.25, 0.3) is 0 Å². The summed E-state index contributed by atoms with van der Waals surface area (Å²) in [7, 11) is 1.80. The number of aliphatic hydroxyl groups excluding tert-OH is 1. The number of likely N-dealkylation sites (tertiary alicyclic amines) is 2. The first-order valence-electron chi connectivity index (χ1n) is 27.9. The number of amides is 10. The lowest BCUT2D eigenvalue weighted by Crippen LogP contribution is -2.60. The number of nitrogens with two attached hydrogens (primary N) is 2. The molecule has 26 nitrogen and oxygen atoms in total. The van der Waals surface area contributed by atoms with Crippen LogP contribution in [-0.4, -0.2) is 194 Å². The number of phenolic OH excluding ortho intramolecular Hbond substituents is 1. The Morgan fingerprint density at radius 3 is 2.05 bits per heavy atom. The van der Waals surface area contributed by atoms with Crippen molar-refractivity contribution in [2.24, 2.45) is 17.4 Å². The minimum Gasteiger partial charge on any atom is -0.508 e. The first-order chi connectivity index (χ1) is 39.5. The van der Waals surface area contributed by atoms with Crippen LogP contribution >= 0.6 is 21.6 Å². The molecule has 3 fully saturated rings. The summed E-state index contributed by atoms with van der Waals surface area (Å²) in [4.78, 5) is 155. The predicted octanol–water partition coefficient (Wildman–Crippen LogP) is -1.95. The Morgan fingerprint density at radius 1 is 0.747 bits per heavy atom. The van der Waals surface area contributed by atoms with Gasteiger partial charge in [-0.15, -0.1) is 0 Å². The van der Waals surface area contributed by atoms with Crippen LogP contribution in [0.15, 0.2) is 54.6 Å². The number of hydrogen-bond donors (Lipinski definition) is 13. The van der Waals surface area contributed by atoms with Crippen LogP contribution in [0.2, 0.25) is 0 Å². The second-order valence-electron chi connectivity index (χ2n) is 21.4. The molecule has 11 atom stereocenters. The number of carboxylic acids is 1. The zero-order chi connectivity index (χ0) is 60.9. The Bertz CT molecular complexity index is 2600. The van der Waals surface area contributed by atoms with Gasteiger partial charge in [0.2, 0.25) is 59.1 Å². The molecule has 5 rings (SSSR count). The molecule has 0 bridgehead atoms. The molecule has 3 saturated heterocycles. The number of phenols is 1. The number of aliphatic carboxylic acids is 1. The summed E-state index contributed by atoms with van der Waals surface area (Å²) in [5.74, 6) is -9.95. The minimum absolute atomic E-state index is 0.0263. The van der Waals surface area contributed by atoms with Crippen molar-refractivity contribution in [3.05, 3.63) is 65.7 Å². The third kappa shape index (κ3) is 20.4. The smallest absolute Gasteiger partial charge is 0.327 e. The van der Waals surface area contributed by atoms with E-state index in [4.69, 9.17) is 11.5 Å². The molecule has 83 heavy (non-hydrogen) atoms. The van der Waals surface area contributed by atoms with Gasteiger partial charge in [-0.25, -0.2) is 4.79 Å². The van der Waals surface area contributed by atoms with Crippen LogP contribution < -0.4 is 54.0 Å². The third-order valence-electron chi connectivity index (χ3n) is 14.3. The lowest BCUT2D eigenvalue weighted by molar-refractivity contribution is -0.148. The molecule has 15 N–H and O–H groups in total. The van der Waals surface area contributed by atoms with E-state index in [0.717, 1.165) is 27.2 Å².